The van der Waals surface area contributed by atoms with Crippen LogP contribution in [0, 0.1) is 0 Å². The van der Waals surface area contributed by atoms with Crippen molar-refractivity contribution in [3.63, 3.8) is 0 Å². The average Bonchev–Trinajstić information content (AvgIpc) is 3.44. The van der Waals surface area contributed by atoms with Crippen LogP contribution in [0.15, 0.2) is 143 Å². The maximum absolute atomic E-state index is 14.7. The Kier molecular flexibility index (Phi) is 5.33. The number of hydrogen-bond donors (Lipinski definition) is 0. The van der Waals surface area contributed by atoms with E-state index in [0.29, 0.717) is 44.5 Å². The largest absolute Gasteiger partial charge is 0.269 e. The molecule has 212 valence electrons. The Balaban J connectivity index is 1.54. The van der Waals surface area contributed by atoms with Crippen LogP contribution < -0.4 is 11.1 Å². The molecule has 5 aromatic carbocycles. The minimum atomic E-state index is -0.294. The van der Waals surface area contributed by atoms with E-state index in [0.717, 1.165) is 22.2 Å². The first-order chi connectivity index (χ1) is 22.2. The van der Waals surface area contributed by atoms with Gasteiger partial charge < -0.3 is 0 Å². The van der Waals surface area contributed by atoms with Crippen LogP contribution in [0.5, 0.6) is 0 Å². The van der Waals surface area contributed by atoms with Crippen molar-refractivity contribution in [2.24, 2.45) is 0 Å². The topological polar surface area (TPSA) is 87.1 Å². The molecule has 4 aromatic heterocycles. The van der Waals surface area contributed by atoms with Gasteiger partial charge in [0.05, 0.1) is 38.7 Å². The molecule has 0 amide bonds. The van der Waals surface area contributed by atoms with Crippen LogP contribution in [0.4, 0.5) is 0 Å². The van der Waals surface area contributed by atoms with Gasteiger partial charge in [0.1, 0.15) is 5.65 Å². The Morgan fingerprint density at radius 3 is 1.84 bits per heavy atom. The summed E-state index contributed by atoms with van der Waals surface area (Å²) in [7, 11) is 0. The quantitative estimate of drug-likeness (QED) is 0.216. The number of aromatic nitrogens is 6. The van der Waals surface area contributed by atoms with Gasteiger partial charge in [-0.1, -0.05) is 97.1 Å². The molecule has 0 atom stereocenters. The van der Waals surface area contributed by atoms with Crippen LogP contribution >= 0.6 is 0 Å². The fourth-order valence-electron chi connectivity index (χ4n) is 6.31. The standard InChI is InChI=1S/C37H22N6O2/c44-34-26-18-8-11-21-29(26)39-37-41(24-15-5-2-6-16-24)35(45)31-27-19-9-12-22-30(27)42(33(31)43(34)37)36-38-28-20-10-7-17-25(28)32(40-36)23-13-3-1-4-14-23/h1-22H. The van der Waals surface area contributed by atoms with Crippen molar-refractivity contribution in [3.8, 4) is 22.9 Å². The van der Waals surface area contributed by atoms with Gasteiger partial charge in [-0.2, -0.15) is 0 Å². The van der Waals surface area contributed by atoms with Gasteiger partial charge in [-0.25, -0.2) is 23.9 Å². The summed E-state index contributed by atoms with van der Waals surface area (Å²) in [5.74, 6) is 0.549. The monoisotopic (exact) mass is 582 g/mol. The highest BCUT2D eigenvalue weighted by atomic mass is 16.1. The van der Waals surface area contributed by atoms with Gasteiger partial charge in [0, 0.05) is 16.3 Å². The molecule has 9 rings (SSSR count). The van der Waals surface area contributed by atoms with E-state index in [1.807, 2.05) is 126 Å². The Bertz CT molecular complexity index is 2750. The second-order valence-electron chi connectivity index (χ2n) is 10.9. The molecule has 0 spiro atoms. The fourth-order valence-corrected chi connectivity index (χ4v) is 6.31. The van der Waals surface area contributed by atoms with Gasteiger partial charge >= 0.3 is 0 Å². The third-order valence-corrected chi connectivity index (χ3v) is 8.29. The number of benzene rings is 5. The van der Waals surface area contributed by atoms with E-state index >= 15 is 0 Å². The second-order valence-corrected chi connectivity index (χ2v) is 10.9. The lowest BCUT2D eigenvalue weighted by atomic mass is 10.1. The molecule has 0 bridgehead atoms. The summed E-state index contributed by atoms with van der Waals surface area (Å²) in [6, 6.07) is 41.9. The molecule has 0 aliphatic heterocycles. The van der Waals surface area contributed by atoms with Crippen molar-refractivity contribution >= 4 is 49.5 Å². The van der Waals surface area contributed by atoms with Crippen molar-refractivity contribution < 1.29 is 0 Å². The van der Waals surface area contributed by atoms with E-state index in [-0.39, 0.29) is 16.9 Å². The first-order valence-corrected chi connectivity index (χ1v) is 14.6. The zero-order chi connectivity index (χ0) is 30.1. The van der Waals surface area contributed by atoms with Gasteiger partial charge in [0.15, 0.2) is 0 Å². The summed E-state index contributed by atoms with van der Waals surface area (Å²) in [6.07, 6.45) is 0. The van der Waals surface area contributed by atoms with Crippen LogP contribution in [0.25, 0.3) is 72.4 Å². The molecule has 0 aliphatic rings. The van der Waals surface area contributed by atoms with E-state index in [1.54, 1.807) is 12.1 Å². The average molecular weight is 583 g/mol. The number of para-hydroxylation sites is 4. The summed E-state index contributed by atoms with van der Waals surface area (Å²) in [5, 5.41) is 2.39. The molecule has 0 fully saturated rings. The second kappa shape index (κ2) is 9.55. The molecule has 45 heavy (non-hydrogen) atoms. The molecule has 0 saturated carbocycles. The summed E-state index contributed by atoms with van der Waals surface area (Å²) >= 11 is 0. The third kappa shape index (κ3) is 3.63. The molecule has 0 aliphatic carbocycles. The number of nitrogens with zero attached hydrogens (tertiary/aromatic N) is 6. The predicted molar refractivity (Wildman–Crippen MR) is 177 cm³/mol. The molecule has 0 saturated heterocycles. The fraction of sp³-hybridized carbons (Fsp3) is 0. The van der Waals surface area contributed by atoms with Gasteiger partial charge in [0.2, 0.25) is 11.7 Å². The number of fused-ring (bicyclic) bond motifs is 7. The van der Waals surface area contributed by atoms with Crippen LogP contribution in [0.3, 0.4) is 0 Å². The van der Waals surface area contributed by atoms with Crippen molar-refractivity contribution in [1.29, 1.82) is 0 Å². The molecule has 4 heterocycles. The third-order valence-electron chi connectivity index (χ3n) is 8.29. The smallest absolute Gasteiger partial charge is 0.268 e. The van der Waals surface area contributed by atoms with E-state index in [1.165, 1.54) is 8.97 Å². The normalized spacial score (nSPS) is 11.7. The SMILES string of the molecule is O=c1c2c3ccccc3n(-c3nc(-c4ccccc4)c4ccccc4n3)c2n2c(=O)c3ccccc3nc2n1-c1ccccc1. The zero-order valence-electron chi connectivity index (χ0n) is 23.7. The maximum Gasteiger partial charge on any atom is 0.269 e. The first kappa shape index (κ1) is 25.1. The highest BCUT2D eigenvalue weighted by Gasteiger charge is 2.25. The lowest BCUT2D eigenvalue weighted by Crippen LogP contribution is -2.28. The van der Waals surface area contributed by atoms with Crippen LogP contribution in [0.1, 0.15) is 0 Å². The lowest BCUT2D eigenvalue weighted by Gasteiger charge is -2.15. The Morgan fingerprint density at radius 1 is 0.489 bits per heavy atom. The molecule has 9 aromatic rings. The Labute approximate surface area is 254 Å². The first-order valence-electron chi connectivity index (χ1n) is 14.6. The maximum atomic E-state index is 14.7. The molecule has 8 heteroatoms. The number of hydrogen-bond acceptors (Lipinski definition) is 5. The van der Waals surface area contributed by atoms with Crippen molar-refractivity contribution in [2.45, 2.75) is 0 Å². The zero-order valence-corrected chi connectivity index (χ0v) is 23.7. The van der Waals surface area contributed by atoms with Crippen LogP contribution in [-0.4, -0.2) is 28.5 Å². The summed E-state index contributed by atoms with van der Waals surface area (Å²) in [4.78, 5) is 44.3. The van der Waals surface area contributed by atoms with E-state index in [4.69, 9.17) is 15.0 Å². The van der Waals surface area contributed by atoms with Gasteiger partial charge in [0.25, 0.3) is 11.1 Å². The van der Waals surface area contributed by atoms with E-state index in [9.17, 15) is 9.59 Å². The van der Waals surface area contributed by atoms with E-state index in [2.05, 4.69) is 0 Å². The summed E-state index contributed by atoms with van der Waals surface area (Å²) in [5.41, 5.74) is 4.00. The molecule has 0 unspecified atom stereocenters. The molecule has 0 radical (unpaired) electrons. The van der Waals surface area contributed by atoms with Gasteiger partial charge in [-0.3, -0.25) is 14.2 Å². The highest BCUT2D eigenvalue weighted by molar-refractivity contribution is 6.08. The molecular formula is C37H22N6O2. The Morgan fingerprint density at radius 2 is 1.09 bits per heavy atom. The van der Waals surface area contributed by atoms with Gasteiger partial charge in [-0.15, -0.1) is 0 Å². The number of rotatable bonds is 3. The van der Waals surface area contributed by atoms with Gasteiger partial charge in [-0.05, 0) is 36.4 Å². The molecule has 8 nitrogen and oxygen atoms in total. The highest BCUT2D eigenvalue weighted by Crippen LogP contribution is 2.33. The van der Waals surface area contributed by atoms with Crippen LogP contribution in [-0.2, 0) is 0 Å². The lowest BCUT2D eigenvalue weighted by molar-refractivity contribution is 0.910. The minimum absolute atomic E-state index is 0.204. The molecular weight excluding hydrogens is 560 g/mol. The van der Waals surface area contributed by atoms with Crippen molar-refractivity contribution in [3.05, 3.63) is 154 Å². The van der Waals surface area contributed by atoms with E-state index < -0.39 is 0 Å². The van der Waals surface area contributed by atoms with Crippen molar-refractivity contribution in [2.75, 3.05) is 0 Å². The Hall–Kier alpha value is -6.41. The van der Waals surface area contributed by atoms with Crippen LogP contribution in [0.2, 0.25) is 0 Å². The molecule has 0 N–H and O–H groups in total. The van der Waals surface area contributed by atoms with Crippen molar-refractivity contribution in [1.82, 2.24) is 28.5 Å². The summed E-state index contributed by atoms with van der Waals surface area (Å²) in [6.45, 7) is 0. The minimum Gasteiger partial charge on any atom is -0.268 e. The predicted octanol–water partition coefficient (Wildman–Crippen LogP) is 6.71. The summed E-state index contributed by atoms with van der Waals surface area (Å²) < 4.78 is 4.88.